The molecule has 2 radical (unpaired) electrons. The maximum Gasteiger partial charge on any atom is 0.340 e. The molecule has 2 aliphatic heterocycles. The lowest BCUT2D eigenvalue weighted by atomic mass is 9.88. The Balaban J connectivity index is 0.810. The Labute approximate surface area is 489 Å². The third-order valence-corrected chi connectivity index (χ3v) is 15.6. The van der Waals surface area contributed by atoms with Gasteiger partial charge >= 0.3 is 17.9 Å². The van der Waals surface area contributed by atoms with Gasteiger partial charge in [-0.2, -0.15) is 0 Å². The zero-order valence-corrected chi connectivity index (χ0v) is 47.6. The molecule has 0 unspecified atom stereocenters. The lowest BCUT2D eigenvalue weighted by Crippen LogP contribution is -2.40. The van der Waals surface area contributed by atoms with Crippen LogP contribution in [0.4, 0.5) is 22.7 Å². The molecule has 1 aromatic heterocycles. The zero-order chi connectivity index (χ0) is 58.8. The van der Waals surface area contributed by atoms with E-state index in [1.807, 2.05) is 185 Å². The number of benzene rings is 8. The molecule has 8 aromatic carbocycles. The SMILES string of the molecule is [B]n1c(C)c(C(=O)OCc2ccccc2)c(C)c1/C(=C1\N=C(C)C(C(=O)OCc2ccccc2)=C1C)c1c(C)cc(OC(=O)CCCc2ccc(N3C(=O)c4cccc5c(N(c6ccccc6)c6ccccc6)ccc(c45)C3=O)cc2)cc1C. The molecule has 0 saturated carbocycles. The summed E-state index contributed by atoms with van der Waals surface area (Å²) < 4.78 is 19.1. The zero-order valence-electron chi connectivity index (χ0n) is 47.6. The molecule has 13 heteroatoms. The number of aromatic nitrogens is 1. The van der Waals surface area contributed by atoms with Crippen molar-refractivity contribution in [1.82, 2.24) is 4.48 Å². The molecule has 0 N–H and O–H groups in total. The maximum absolute atomic E-state index is 14.4. The molecule has 84 heavy (non-hydrogen) atoms. The van der Waals surface area contributed by atoms with Crippen molar-refractivity contribution in [3.63, 3.8) is 0 Å². The number of esters is 3. The first kappa shape index (κ1) is 55.8. The van der Waals surface area contributed by atoms with E-state index in [0.717, 1.165) is 55.8 Å². The number of aliphatic imine (C=N–C) groups is 1. The van der Waals surface area contributed by atoms with Gasteiger partial charge in [0.2, 0.25) is 7.98 Å². The van der Waals surface area contributed by atoms with Gasteiger partial charge in [0.15, 0.2) is 0 Å². The standard InChI is InChI=1S/C71H59BN4O8/c1-43-39-55(40-44(2)61(43)65(66-45(3)62(47(5)73-66)70(80)82-41-50-21-11-7-12-22-50)67-46(4)63(48(6)76(67)72)71(81)83-42-51-23-13-8-14-24-51)84-60(77)32-19-25-49-33-35-54(36-34-49)75-68(78)57-31-20-30-56-59(38-37-58(64(56)57)69(75)79)74(52-26-15-9-16-27-52)53-28-17-10-18-29-53/h7-18,20-24,26-31,33-40H,19,25,32,41-42H2,1-6H3/b66-65-. The van der Waals surface area contributed by atoms with Crippen LogP contribution in [0.5, 0.6) is 5.75 Å². The number of allylic oxidation sites excluding steroid dienone is 1. The van der Waals surface area contributed by atoms with Gasteiger partial charge < -0.3 is 23.6 Å². The smallest absolute Gasteiger partial charge is 0.340 e. The van der Waals surface area contributed by atoms with Gasteiger partial charge in [0.05, 0.1) is 33.9 Å². The van der Waals surface area contributed by atoms with Crippen molar-refractivity contribution in [1.29, 1.82) is 0 Å². The first-order chi connectivity index (χ1) is 40.7. The van der Waals surface area contributed by atoms with E-state index in [1.165, 1.54) is 9.38 Å². The van der Waals surface area contributed by atoms with Gasteiger partial charge in [-0.3, -0.25) is 19.4 Å². The van der Waals surface area contributed by atoms with Gasteiger partial charge in [-0.05, 0) is 166 Å². The number of para-hydroxylation sites is 2. The van der Waals surface area contributed by atoms with E-state index >= 15 is 0 Å². The Bertz CT molecular complexity index is 4100. The Morgan fingerprint density at radius 3 is 1.71 bits per heavy atom. The van der Waals surface area contributed by atoms with Crippen LogP contribution in [0, 0.1) is 27.7 Å². The number of hydrogen-bond acceptors (Lipinski definition) is 10. The first-order valence-electron chi connectivity index (χ1n) is 27.8. The number of aryl methyl sites for hydroxylation is 3. The van der Waals surface area contributed by atoms with Crippen molar-refractivity contribution < 1.29 is 38.2 Å². The minimum absolute atomic E-state index is 0.0652. The van der Waals surface area contributed by atoms with Crippen LogP contribution >= 0.6 is 0 Å². The van der Waals surface area contributed by atoms with Crippen LogP contribution in [0.3, 0.4) is 0 Å². The molecule has 2 amide bonds. The van der Waals surface area contributed by atoms with Crippen LogP contribution in [0.1, 0.15) is 108 Å². The fourth-order valence-corrected chi connectivity index (χ4v) is 11.5. The highest BCUT2D eigenvalue weighted by Gasteiger charge is 2.36. The number of hydrogen-bond donors (Lipinski definition) is 0. The van der Waals surface area contributed by atoms with Gasteiger partial charge in [-0.1, -0.05) is 121 Å². The minimum atomic E-state index is -0.541. The van der Waals surface area contributed by atoms with Crippen molar-refractivity contribution >= 4 is 82.5 Å². The molecule has 0 fully saturated rings. The molecule has 3 heterocycles. The highest BCUT2D eigenvalue weighted by molar-refractivity contribution is 6.36. The minimum Gasteiger partial charge on any atom is -0.457 e. The summed E-state index contributed by atoms with van der Waals surface area (Å²) in [4.78, 5) is 78.6. The summed E-state index contributed by atoms with van der Waals surface area (Å²) in [6, 6.07) is 59.0. The van der Waals surface area contributed by atoms with E-state index in [-0.39, 0.29) is 19.6 Å². The summed E-state index contributed by atoms with van der Waals surface area (Å²) in [5, 5.41) is 1.40. The molecule has 0 saturated heterocycles. The molecule has 0 aliphatic carbocycles. The largest absolute Gasteiger partial charge is 0.457 e. The van der Waals surface area contributed by atoms with Gasteiger partial charge in [0.1, 0.15) is 19.0 Å². The van der Waals surface area contributed by atoms with E-state index in [1.54, 1.807) is 44.2 Å². The average molecular weight is 1110 g/mol. The predicted molar refractivity (Wildman–Crippen MR) is 329 cm³/mol. The number of carbonyl (C=O) groups is 5. The van der Waals surface area contributed by atoms with Crippen LogP contribution in [-0.4, -0.2) is 47.9 Å². The van der Waals surface area contributed by atoms with Crippen molar-refractivity contribution in [2.24, 2.45) is 4.99 Å². The predicted octanol–water partition coefficient (Wildman–Crippen LogP) is 14.7. The third-order valence-electron chi connectivity index (χ3n) is 15.6. The molecule has 9 aromatic rings. The second kappa shape index (κ2) is 23.8. The van der Waals surface area contributed by atoms with E-state index in [2.05, 4.69) is 4.90 Å². The summed E-state index contributed by atoms with van der Waals surface area (Å²) >= 11 is 0. The lowest BCUT2D eigenvalue weighted by molar-refractivity contribution is -0.139. The van der Waals surface area contributed by atoms with Crippen LogP contribution in [0.2, 0.25) is 0 Å². The van der Waals surface area contributed by atoms with E-state index in [9.17, 15) is 24.0 Å². The second-order valence-corrected chi connectivity index (χ2v) is 21.1. The topological polar surface area (TPSA) is 137 Å². The van der Waals surface area contributed by atoms with Gasteiger partial charge in [-0.25, -0.2) is 14.5 Å². The Hall–Kier alpha value is -10.1. The average Bonchev–Trinajstić information content (AvgIpc) is 1.29. The van der Waals surface area contributed by atoms with Crippen LogP contribution < -0.4 is 14.5 Å². The molecule has 11 rings (SSSR count). The van der Waals surface area contributed by atoms with Gasteiger partial charge in [0.25, 0.3) is 11.8 Å². The maximum atomic E-state index is 14.4. The molecule has 12 nitrogen and oxygen atoms in total. The summed E-state index contributed by atoms with van der Waals surface area (Å²) in [6.07, 6.45) is 1.11. The molecule has 414 valence electrons. The third kappa shape index (κ3) is 10.8. The van der Waals surface area contributed by atoms with E-state index in [4.69, 9.17) is 27.2 Å². The number of carbonyl (C=O) groups excluding carboxylic acids is 5. The quantitative estimate of drug-likeness (QED) is 0.0378. The van der Waals surface area contributed by atoms with Crippen molar-refractivity contribution in [2.45, 2.75) is 74.0 Å². The fraction of sp³-hybridized carbons (Fsp3) is 0.155. The monoisotopic (exact) mass is 1110 g/mol. The van der Waals surface area contributed by atoms with E-state index < -0.39 is 29.7 Å². The molecule has 2 aliphatic rings. The summed E-state index contributed by atoms with van der Waals surface area (Å²) in [5.74, 6) is -1.98. The Morgan fingerprint density at radius 2 is 1.13 bits per heavy atom. The van der Waals surface area contributed by atoms with Gasteiger partial charge in [-0.15, -0.1) is 0 Å². The van der Waals surface area contributed by atoms with Crippen LogP contribution in [0.15, 0.2) is 210 Å². The number of imide groups is 1. The van der Waals surface area contributed by atoms with Gasteiger partial charge in [0, 0.05) is 56.7 Å². The van der Waals surface area contributed by atoms with E-state index in [0.29, 0.717) is 91.4 Å². The lowest BCUT2D eigenvalue weighted by Gasteiger charge is -2.31. The Morgan fingerprint density at radius 1 is 0.583 bits per heavy atom. The molecule has 0 bridgehead atoms. The summed E-state index contributed by atoms with van der Waals surface area (Å²) in [7, 11) is 6.97. The van der Waals surface area contributed by atoms with Crippen molar-refractivity contribution in [3.05, 3.63) is 272 Å². The van der Waals surface area contributed by atoms with Crippen molar-refractivity contribution in [2.75, 3.05) is 9.80 Å². The number of anilines is 4. The number of nitrogens with zero attached hydrogens (tertiary/aromatic N) is 4. The number of rotatable bonds is 17. The first-order valence-corrected chi connectivity index (χ1v) is 27.8. The summed E-state index contributed by atoms with van der Waals surface area (Å²) in [6.45, 7) is 11.1. The molecule has 0 spiro atoms. The fourth-order valence-electron chi connectivity index (χ4n) is 11.5. The van der Waals surface area contributed by atoms with Crippen LogP contribution in [0.25, 0.3) is 16.3 Å². The normalized spacial score (nSPS) is 13.5. The number of amides is 2. The summed E-state index contributed by atoms with van der Waals surface area (Å²) in [5.41, 5.74) is 13.0. The molecule has 0 atom stereocenters. The second-order valence-electron chi connectivity index (χ2n) is 21.1. The Kier molecular flexibility index (Phi) is 15.8. The molecular formula is C71H59BN4O8. The highest BCUT2D eigenvalue weighted by Crippen LogP contribution is 2.45. The molecular weight excluding hydrogens is 1050 g/mol. The highest BCUT2D eigenvalue weighted by atomic mass is 16.5. The van der Waals surface area contributed by atoms with Crippen molar-refractivity contribution in [3.8, 4) is 5.75 Å². The number of ether oxygens (including phenoxy) is 3. The van der Waals surface area contributed by atoms with Crippen LogP contribution in [-0.2, 0) is 38.7 Å².